The summed E-state index contributed by atoms with van der Waals surface area (Å²) in [5.41, 5.74) is 1.23. The molecule has 0 N–H and O–H groups in total. The van der Waals surface area contributed by atoms with E-state index in [0.29, 0.717) is 0 Å². The molecule has 0 aliphatic heterocycles. The van der Waals surface area contributed by atoms with E-state index in [-0.39, 0.29) is 0 Å². The Kier molecular flexibility index (Phi) is 5.41. The minimum atomic E-state index is 0.767. The van der Waals surface area contributed by atoms with Crippen LogP contribution in [0.15, 0.2) is 58.7 Å². The van der Waals surface area contributed by atoms with E-state index in [4.69, 9.17) is 4.74 Å². The molecule has 1 heterocycles. The van der Waals surface area contributed by atoms with Crippen LogP contribution in [0.3, 0.4) is 0 Å². The minimum absolute atomic E-state index is 0.767. The van der Waals surface area contributed by atoms with Gasteiger partial charge in [0.1, 0.15) is 5.76 Å². The normalized spacial score (nSPS) is 16.2. The number of nitrogens with zero attached hydrogens (tertiary/aromatic N) is 2. The van der Waals surface area contributed by atoms with Gasteiger partial charge in [-0.2, -0.15) is 0 Å². The lowest BCUT2D eigenvalue weighted by atomic mass is 10.2. The van der Waals surface area contributed by atoms with E-state index in [9.17, 15) is 0 Å². The van der Waals surface area contributed by atoms with Gasteiger partial charge in [-0.25, -0.2) is 4.98 Å². The lowest BCUT2D eigenvalue weighted by Gasteiger charge is -2.14. The van der Waals surface area contributed by atoms with Crippen molar-refractivity contribution in [3.63, 3.8) is 0 Å². The average Bonchev–Trinajstić information content (AvgIpc) is 2.88. The van der Waals surface area contributed by atoms with E-state index in [1.807, 2.05) is 36.6 Å². The van der Waals surface area contributed by atoms with Crippen LogP contribution in [0.1, 0.15) is 26.7 Å². The number of aromatic nitrogens is 2. The molecular weight excluding hydrogens is 316 g/mol. The average molecular weight is 335 g/mol. The maximum absolute atomic E-state index is 5.94. The zero-order valence-corrected chi connectivity index (χ0v) is 13.4. The Labute approximate surface area is 128 Å². The lowest BCUT2D eigenvalue weighted by molar-refractivity contribution is 0.369. The lowest BCUT2D eigenvalue weighted by Crippen LogP contribution is -2.05. The Morgan fingerprint density at radius 2 is 2.25 bits per heavy atom. The van der Waals surface area contributed by atoms with Gasteiger partial charge in [-0.05, 0) is 42.5 Å². The van der Waals surface area contributed by atoms with Crippen molar-refractivity contribution >= 4 is 15.9 Å². The van der Waals surface area contributed by atoms with Crippen LogP contribution in [0.2, 0.25) is 0 Å². The summed E-state index contributed by atoms with van der Waals surface area (Å²) in [6, 6.07) is 0. The van der Waals surface area contributed by atoms with Crippen molar-refractivity contribution in [1.29, 1.82) is 0 Å². The van der Waals surface area contributed by atoms with Crippen molar-refractivity contribution in [3.8, 4) is 5.88 Å². The summed E-state index contributed by atoms with van der Waals surface area (Å²) in [7, 11) is 0. The molecule has 0 unspecified atom stereocenters. The number of hydrogen-bond acceptors (Lipinski definition) is 2. The van der Waals surface area contributed by atoms with Crippen molar-refractivity contribution in [3.05, 3.63) is 58.7 Å². The van der Waals surface area contributed by atoms with E-state index in [1.165, 1.54) is 10.1 Å². The van der Waals surface area contributed by atoms with Crippen molar-refractivity contribution < 1.29 is 4.74 Å². The topological polar surface area (TPSA) is 27.1 Å². The first-order chi connectivity index (χ1) is 9.72. The Balaban J connectivity index is 2.09. The summed E-state index contributed by atoms with van der Waals surface area (Å²) in [6.45, 7) is 4.83. The third-order valence-electron chi connectivity index (χ3n) is 3.07. The number of rotatable bonds is 5. The molecule has 0 radical (unpaired) electrons. The number of ether oxygens (including phenoxy) is 1. The van der Waals surface area contributed by atoms with Gasteiger partial charge >= 0.3 is 0 Å². The summed E-state index contributed by atoms with van der Waals surface area (Å²) in [6.07, 6.45) is 15.7. The fourth-order valence-electron chi connectivity index (χ4n) is 1.98. The fourth-order valence-corrected chi connectivity index (χ4v) is 2.31. The van der Waals surface area contributed by atoms with Gasteiger partial charge in [0.2, 0.25) is 5.88 Å². The number of imidazole rings is 1. The second-order valence-electron chi connectivity index (χ2n) is 4.57. The van der Waals surface area contributed by atoms with Gasteiger partial charge in [0, 0.05) is 6.42 Å². The van der Waals surface area contributed by atoms with Crippen LogP contribution in [0.4, 0.5) is 0 Å². The molecule has 1 aliphatic carbocycles. The second kappa shape index (κ2) is 7.29. The fraction of sp³-hybridized carbons (Fsp3) is 0.312. The molecule has 2 rings (SSSR count). The summed E-state index contributed by atoms with van der Waals surface area (Å²) in [5.74, 6) is 1.76. The SMILES string of the molecule is C/C=C\C(=C/C)Cn1cncc1OC1=CC=C(Br)CC1. The van der Waals surface area contributed by atoms with Crippen LogP contribution in [0.25, 0.3) is 0 Å². The van der Waals surface area contributed by atoms with Crippen LogP contribution in [-0.2, 0) is 6.54 Å². The third kappa shape index (κ3) is 3.97. The maximum Gasteiger partial charge on any atom is 0.219 e. The van der Waals surface area contributed by atoms with Crippen LogP contribution < -0.4 is 4.74 Å². The molecule has 1 aromatic rings. The Bertz CT molecular complexity index is 579. The highest BCUT2D eigenvalue weighted by Gasteiger charge is 2.10. The van der Waals surface area contributed by atoms with Crippen LogP contribution in [0.5, 0.6) is 5.88 Å². The molecule has 0 bridgehead atoms. The van der Waals surface area contributed by atoms with Crippen LogP contribution in [0, 0.1) is 0 Å². The maximum atomic E-state index is 5.94. The van der Waals surface area contributed by atoms with Crippen LogP contribution in [-0.4, -0.2) is 9.55 Å². The van der Waals surface area contributed by atoms with Gasteiger partial charge in [-0.15, -0.1) is 0 Å². The molecule has 106 valence electrons. The van der Waals surface area contributed by atoms with Crippen molar-refractivity contribution in [2.75, 3.05) is 0 Å². The molecule has 0 aromatic carbocycles. The third-order valence-corrected chi connectivity index (χ3v) is 3.74. The number of halogens is 1. The highest BCUT2D eigenvalue weighted by atomic mass is 79.9. The van der Waals surface area contributed by atoms with E-state index >= 15 is 0 Å². The molecule has 0 fully saturated rings. The predicted molar refractivity (Wildman–Crippen MR) is 85.8 cm³/mol. The summed E-state index contributed by atoms with van der Waals surface area (Å²) >= 11 is 3.50. The molecule has 1 aliphatic rings. The van der Waals surface area contributed by atoms with Crippen molar-refractivity contribution in [2.45, 2.75) is 33.2 Å². The monoisotopic (exact) mass is 334 g/mol. The predicted octanol–water partition coefficient (Wildman–Crippen LogP) is 4.74. The van der Waals surface area contributed by atoms with Gasteiger partial charge in [0.05, 0.1) is 19.1 Å². The molecule has 3 nitrogen and oxygen atoms in total. The zero-order valence-electron chi connectivity index (χ0n) is 11.8. The van der Waals surface area contributed by atoms with Gasteiger partial charge in [-0.1, -0.05) is 34.2 Å². The Morgan fingerprint density at radius 3 is 2.90 bits per heavy atom. The summed E-state index contributed by atoms with van der Waals surface area (Å²) in [5, 5.41) is 0. The van der Waals surface area contributed by atoms with E-state index in [0.717, 1.165) is 31.0 Å². The van der Waals surface area contributed by atoms with Crippen molar-refractivity contribution in [2.24, 2.45) is 0 Å². The molecular formula is C16H19BrN2O. The smallest absolute Gasteiger partial charge is 0.219 e. The van der Waals surface area contributed by atoms with Crippen molar-refractivity contribution in [1.82, 2.24) is 9.55 Å². The molecule has 0 saturated heterocycles. The van der Waals surface area contributed by atoms with Gasteiger partial charge < -0.3 is 4.74 Å². The zero-order chi connectivity index (χ0) is 14.4. The first-order valence-corrected chi connectivity index (χ1v) is 7.53. The quantitative estimate of drug-likeness (QED) is 0.727. The minimum Gasteiger partial charge on any atom is -0.443 e. The molecule has 0 saturated carbocycles. The molecule has 0 spiro atoms. The highest BCUT2D eigenvalue weighted by molar-refractivity contribution is 9.11. The molecule has 20 heavy (non-hydrogen) atoms. The molecule has 4 heteroatoms. The molecule has 0 amide bonds. The Morgan fingerprint density at radius 1 is 1.40 bits per heavy atom. The molecule has 0 atom stereocenters. The Hall–Kier alpha value is -1.55. The van der Waals surface area contributed by atoms with Gasteiger partial charge in [0.15, 0.2) is 0 Å². The summed E-state index contributed by atoms with van der Waals surface area (Å²) in [4.78, 5) is 4.18. The first kappa shape index (κ1) is 14.9. The van der Waals surface area contributed by atoms with E-state index in [2.05, 4.69) is 33.1 Å². The number of allylic oxidation sites excluding steroid dienone is 8. The number of hydrogen-bond donors (Lipinski definition) is 0. The largest absolute Gasteiger partial charge is 0.443 e. The van der Waals surface area contributed by atoms with Crippen LogP contribution >= 0.6 is 15.9 Å². The van der Waals surface area contributed by atoms with E-state index < -0.39 is 0 Å². The van der Waals surface area contributed by atoms with E-state index in [1.54, 1.807) is 12.5 Å². The van der Waals surface area contributed by atoms with Gasteiger partial charge in [0.25, 0.3) is 0 Å². The first-order valence-electron chi connectivity index (χ1n) is 6.74. The standard InChI is InChI=1S/C16H19BrN2O/c1-3-5-13(4-2)11-19-12-18-10-16(19)20-15-8-6-14(17)7-9-15/h3-6,8,10,12H,7,9,11H2,1-2H3/b5-3-,13-4+. The highest BCUT2D eigenvalue weighted by Crippen LogP contribution is 2.25. The second-order valence-corrected chi connectivity index (χ2v) is 5.59. The summed E-state index contributed by atoms with van der Waals surface area (Å²) < 4.78 is 9.17. The van der Waals surface area contributed by atoms with Gasteiger partial charge in [-0.3, -0.25) is 4.57 Å². The molecule has 1 aromatic heterocycles.